The summed E-state index contributed by atoms with van der Waals surface area (Å²) in [5, 5.41) is 3.34. The molecule has 0 heterocycles. The van der Waals surface area contributed by atoms with Crippen LogP contribution in [0.25, 0.3) is 0 Å². The maximum absolute atomic E-state index is 5.82. The molecule has 20 heavy (non-hydrogen) atoms. The van der Waals surface area contributed by atoms with E-state index in [1.54, 1.807) is 7.11 Å². The van der Waals surface area contributed by atoms with Gasteiger partial charge in [0.15, 0.2) is 0 Å². The van der Waals surface area contributed by atoms with Crippen molar-refractivity contribution in [2.24, 2.45) is 0 Å². The molecular formula is C17H21NO2. The molecular weight excluding hydrogens is 250 g/mol. The van der Waals surface area contributed by atoms with E-state index in [4.69, 9.17) is 9.47 Å². The van der Waals surface area contributed by atoms with Gasteiger partial charge in [0.25, 0.3) is 0 Å². The number of benzene rings is 2. The molecule has 0 spiro atoms. The molecule has 2 aromatic carbocycles. The Morgan fingerprint density at radius 3 is 2.50 bits per heavy atom. The van der Waals surface area contributed by atoms with Crippen molar-refractivity contribution >= 4 is 0 Å². The zero-order valence-corrected chi connectivity index (χ0v) is 11.8. The van der Waals surface area contributed by atoms with Crippen molar-refractivity contribution in [1.29, 1.82) is 0 Å². The Hall–Kier alpha value is -1.84. The summed E-state index contributed by atoms with van der Waals surface area (Å²) in [7, 11) is 1.71. The van der Waals surface area contributed by atoms with Crippen LogP contribution in [0.3, 0.4) is 0 Å². The van der Waals surface area contributed by atoms with Crippen LogP contribution < -0.4 is 10.1 Å². The van der Waals surface area contributed by atoms with Crippen LogP contribution in [0, 0.1) is 0 Å². The summed E-state index contributed by atoms with van der Waals surface area (Å²) in [4.78, 5) is 0. The number of rotatable bonds is 8. The lowest BCUT2D eigenvalue weighted by molar-refractivity contribution is 0.199. The highest BCUT2D eigenvalue weighted by Crippen LogP contribution is 2.21. The molecule has 0 saturated heterocycles. The molecule has 0 aliphatic rings. The molecule has 0 amide bonds. The molecule has 0 aliphatic carbocycles. The smallest absolute Gasteiger partial charge is 0.127 e. The van der Waals surface area contributed by atoms with Gasteiger partial charge in [0.1, 0.15) is 11.5 Å². The van der Waals surface area contributed by atoms with Crippen molar-refractivity contribution in [3.8, 4) is 11.5 Å². The second-order valence-electron chi connectivity index (χ2n) is 4.56. The van der Waals surface area contributed by atoms with Crippen molar-refractivity contribution < 1.29 is 9.47 Å². The second kappa shape index (κ2) is 8.35. The van der Waals surface area contributed by atoms with Crippen molar-refractivity contribution in [3.05, 3.63) is 60.2 Å². The molecule has 0 unspecified atom stereocenters. The minimum Gasteiger partial charge on any atom is -0.457 e. The van der Waals surface area contributed by atoms with Gasteiger partial charge in [0.2, 0.25) is 0 Å². The van der Waals surface area contributed by atoms with Gasteiger partial charge in [-0.2, -0.15) is 0 Å². The van der Waals surface area contributed by atoms with Crippen molar-refractivity contribution in [3.63, 3.8) is 0 Å². The van der Waals surface area contributed by atoms with Gasteiger partial charge in [-0.3, -0.25) is 0 Å². The van der Waals surface area contributed by atoms with Crippen molar-refractivity contribution in [1.82, 2.24) is 5.32 Å². The Labute approximate surface area is 120 Å². The number of hydrogen-bond donors (Lipinski definition) is 1. The molecule has 0 radical (unpaired) electrons. The summed E-state index contributed by atoms with van der Waals surface area (Å²) in [5.41, 5.74) is 1.27. The van der Waals surface area contributed by atoms with Gasteiger partial charge < -0.3 is 14.8 Å². The number of nitrogens with one attached hydrogen (secondary N) is 1. The van der Waals surface area contributed by atoms with E-state index in [0.717, 1.165) is 37.6 Å². The maximum Gasteiger partial charge on any atom is 0.127 e. The van der Waals surface area contributed by atoms with E-state index in [2.05, 4.69) is 17.4 Å². The lowest BCUT2D eigenvalue weighted by Crippen LogP contribution is -2.21. The lowest BCUT2D eigenvalue weighted by Gasteiger charge is -2.08. The predicted molar refractivity (Wildman–Crippen MR) is 81.4 cm³/mol. The third-order valence-corrected chi connectivity index (χ3v) is 2.95. The average molecular weight is 271 g/mol. The third kappa shape index (κ3) is 5.03. The summed E-state index contributed by atoms with van der Waals surface area (Å²) in [6.45, 7) is 2.58. The standard InChI is InChI=1S/C17H21NO2/c1-19-13-12-18-11-10-15-6-5-9-17(14-15)20-16-7-3-2-4-8-16/h2-9,14,18H,10-13H2,1H3. The Bertz CT molecular complexity index is 499. The van der Waals surface area contributed by atoms with Crippen LogP contribution >= 0.6 is 0 Å². The molecule has 0 bridgehead atoms. The van der Waals surface area contributed by atoms with E-state index in [9.17, 15) is 0 Å². The summed E-state index contributed by atoms with van der Waals surface area (Å²) in [5.74, 6) is 1.74. The molecule has 0 saturated carbocycles. The minimum atomic E-state index is 0.747. The zero-order chi connectivity index (χ0) is 14.0. The van der Waals surface area contributed by atoms with E-state index in [0.29, 0.717) is 0 Å². The van der Waals surface area contributed by atoms with Crippen LogP contribution in [-0.2, 0) is 11.2 Å². The fourth-order valence-corrected chi connectivity index (χ4v) is 1.92. The molecule has 0 aromatic heterocycles. The first kappa shape index (κ1) is 14.6. The lowest BCUT2D eigenvalue weighted by atomic mass is 10.1. The first-order valence-electron chi connectivity index (χ1n) is 6.90. The Balaban J connectivity index is 1.84. The number of para-hydroxylation sites is 1. The van der Waals surface area contributed by atoms with Gasteiger partial charge in [-0.15, -0.1) is 0 Å². The van der Waals surface area contributed by atoms with Crippen LogP contribution in [0.5, 0.6) is 11.5 Å². The largest absolute Gasteiger partial charge is 0.457 e. The summed E-state index contributed by atoms with van der Waals surface area (Å²) < 4.78 is 10.8. The highest BCUT2D eigenvalue weighted by molar-refractivity contribution is 5.33. The molecule has 2 aromatic rings. The minimum absolute atomic E-state index is 0.747. The monoisotopic (exact) mass is 271 g/mol. The topological polar surface area (TPSA) is 30.5 Å². The maximum atomic E-state index is 5.82. The van der Waals surface area contributed by atoms with E-state index < -0.39 is 0 Å². The van der Waals surface area contributed by atoms with Crippen molar-refractivity contribution in [2.75, 3.05) is 26.8 Å². The Morgan fingerprint density at radius 2 is 1.70 bits per heavy atom. The number of ether oxygens (including phenoxy) is 2. The van der Waals surface area contributed by atoms with Gasteiger partial charge in [0, 0.05) is 13.7 Å². The molecule has 0 aliphatic heterocycles. The van der Waals surface area contributed by atoms with Crippen LogP contribution in [0.1, 0.15) is 5.56 Å². The van der Waals surface area contributed by atoms with Crippen LogP contribution in [0.15, 0.2) is 54.6 Å². The highest BCUT2D eigenvalue weighted by Gasteiger charge is 1.99. The first-order chi connectivity index (χ1) is 9.88. The SMILES string of the molecule is COCCNCCc1cccc(Oc2ccccc2)c1. The summed E-state index contributed by atoms with van der Waals surface area (Å²) >= 11 is 0. The van der Waals surface area contributed by atoms with Crippen LogP contribution in [0.2, 0.25) is 0 Å². The molecule has 0 fully saturated rings. The van der Waals surface area contributed by atoms with E-state index in [-0.39, 0.29) is 0 Å². The quantitative estimate of drug-likeness (QED) is 0.748. The van der Waals surface area contributed by atoms with Crippen LogP contribution in [-0.4, -0.2) is 26.8 Å². The predicted octanol–water partition coefficient (Wildman–Crippen LogP) is 3.26. The van der Waals surface area contributed by atoms with E-state index in [1.807, 2.05) is 42.5 Å². The van der Waals surface area contributed by atoms with Gasteiger partial charge >= 0.3 is 0 Å². The Kier molecular flexibility index (Phi) is 6.08. The summed E-state index contributed by atoms with van der Waals surface area (Å²) in [6, 6.07) is 18.1. The van der Waals surface area contributed by atoms with Crippen LogP contribution in [0.4, 0.5) is 0 Å². The molecule has 106 valence electrons. The zero-order valence-electron chi connectivity index (χ0n) is 11.8. The second-order valence-corrected chi connectivity index (χ2v) is 4.56. The highest BCUT2D eigenvalue weighted by atomic mass is 16.5. The fraction of sp³-hybridized carbons (Fsp3) is 0.294. The summed E-state index contributed by atoms with van der Waals surface area (Å²) in [6.07, 6.45) is 0.982. The number of hydrogen-bond acceptors (Lipinski definition) is 3. The fourth-order valence-electron chi connectivity index (χ4n) is 1.92. The third-order valence-electron chi connectivity index (χ3n) is 2.95. The normalized spacial score (nSPS) is 10.4. The molecule has 1 N–H and O–H groups in total. The molecule has 3 heteroatoms. The average Bonchev–Trinajstić information content (AvgIpc) is 2.48. The van der Waals surface area contributed by atoms with Crippen molar-refractivity contribution in [2.45, 2.75) is 6.42 Å². The Morgan fingerprint density at radius 1 is 0.900 bits per heavy atom. The van der Waals surface area contributed by atoms with E-state index in [1.165, 1.54) is 5.56 Å². The molecule has 0 atom stereocenters. The van der Waals surface area contributed by atoms with E-state index >= 15 is 0 Å². The van der Waals surface area contributed by atoms with Gasteiger partial charge in [0.05, 0.1) is 6.61 Å². The van der Waals surface area contributed by atoms with Gasteiger partial charge in [-0.1, -0.05) is 30.3 Å². The van der Waals surface area contributed by atoms with Gasteiger partial charge in [-0.25, -0.2) is 0 Å². The number of methoxy groups -OCH3 is 1. The molecule has 2 rings (SSSR count). The first-order valence-corrected chi connectivity index (χ1v) is 6.90. The molecule has 3 nitrogen and oxygen atoms in total. The van der Waals surface area contributed by atoms with Gasteiger partial charge in [-0.05, 0) is 42.8 Å².